The molecule has 0 spiro atoms. The third-order valence-corrected chi connectivity index (χ3v) is 6.11. The minimum atomic E-state index is -3.11. The molecule has 0 aromatic carbocycles. The van der Waals surface area contributed by atoms with Gasteiger partial charge >= 0.3 is 0 Å². The molecule has 1 aliphatic heterocycles. The predicted molar refractivity (Wildman–Crippen MR) is 76.0 cm³/mol. The molecule has 1 fully saturated rings. The van der Waals surface area contributed by atoms with E-state index in [4.69, 9.17) is 4.52 Å². The van der Waals surface area contributed by atoms with E-state index < -0.39 is 10.0 Å². The maximum absolute atomic E-state index is 11.8. The molecule has 20 heavy (non-hydrogen) atoms. The van der Waals surface area contributed by atoms with Gasteiger partial charge in [-0.1, -0.05) is 18.1 Å². The van der Waals surface area contributed by atoms with Crippen LogP contribution in [0.15, 0.2) is 22.0 Å². The van der Waals surface area contributed by atoms with E-state index >= 15 is 0 Å². The molecule has 0 atom stereocenters. The van der Waals surface area contributed by atoms with Crippen LogP contribution < -0.4 is 0 Å². The van der Waals surface area contributed by atoms with Gasteiger partial charge in [0.05, 0.1) is 16.5 Å². The van der Waals surface area contributed by atoms with Gasteiger partial charge in [0, 0.05) is 13.1 Å². The van der Waals surface area contributed by atoms with E-state index in [1.54, 1.807) is 11.3 Å². The maximum Gasteiger partial charge on any atom is 0.232 e. The summed E-state index contributed by atoms with van der Waals surface area (Å²) in [7, 11) is -3.11. The zero-order chi connectivity index (χ0) is 14.2. The first-order valence-electron chi connectivity index (χ1n) is 6.45. The molecule has 6 nitrogen and oxygen atoms in total. The molecule has 0 aliphatic carbocycles. The predicted octanol–water partition coefficient (Wildman–Crippen LogP) is 1.94. The van der Waals surface area contributed by atoms with Gasteiger partial charge in [-0.3, -0.25) is 0 Å². The minimum absolute atomic E-state index is 0.0165. The molecular weight excluding hydrogens is 298 g/mol. The SMILES string of the molecule is CCCS(=O)(=O)N1CC(c2nc(-c3cccs3)no2)C1. The van der Waals surface area contributed by atoms with Crippen LogP contribution in [0.3, 0.4) is 0 Å². The van der Waals surface area contributed by atoms with Crippen LogP contribution in [0.4, 0.5) is 0 Å². The van der Waals surface area contributed by atoms with E-state index in [1.807, 2.05) is 24.4 Å². The molecular formula is C12H15N3O3S2. The molecule has 0 amide bonds. The van der Waals surface area contributed by atoms with Gasteiger partial charge in [-0.25, -0.2) is 12.7 Å². The average Bonchev–Trinajstić information content (AvgIpc) is 2.95. The van der Waals surface area contributed by atoms with Crippen LogP contribution in [0.25, 0.3) is 10.7 Å². The summed E-state index contributed by atoms with van der Waals surface area (Å²) < 4.78 is 30.4. The number of hydrogen-bond acceptors (Lipinski definition) is 6. The van der Waals surface area contributed by atoms with Crippen LogP contribution in [0, 0.1) is 0 Å². The standard InChI is InChI=1S/C12H15N3O3S2/c1-2-6-20(16,17)15-7-9(8-15)12-13-11(14-18-12)10-4-3-5-19-10/h3-5,9H,2,6-8H2,1H3. The van der Waals surface area contributed by atoms with Gasteiger partial charge in [-0.05, 0) is 17.9 Å². The zero-order valence-corrected chi connectivity index (χ0v) is 12.7. The molecule has 3 rings (SSSR count). The first-order valence-corrected chi connectivity index (χ1v) is 8.94. The Morgan fingerprint density at radius 3 is 2.95 bits per heavy atom. The zero-order valence-electron chi connectivity index (χ0n) is 11.0. The van der Waals surface area contributed by atoms with Gasteiger partial charge in [0.15, 0.2) is 0 Å². The highest BCUT2D eigenvalue weighted by atomic mass is 32.2. The number of thiophene rings is 1. The third-order valence-electron chi connectivity index (χ3n) is 3.24. The first kappa shape index (κ1) is 13.7. The number of sulfonamides is 1. The number of hydrogen-bond donors (Lipinski definition) is 0. The Morgan fingerprint density at radius 2 is 2.30 bits per heavy atom. The Kier molecular flexibility index (Phi) is 3.61. The lowest BCUT2D eigenvalue weighted by Crippen LogP contribution is -2.49. The Morgan fingerprint density at radius 1 is 1.50 bits per heavy atom. The van der Waals surface area contributed by atoms with E-state index in [0.29, 0.717) is 31.2 Å². The second kappa shape index (κ2) is 5.27. The quantitative estimate of drug-likeness (QED) is 0.843. The fraction of sp³-hybridized carbons (Fsp3) is 0.500. The molecule has 0 unspecified atom stereocenters. The second-order valence-corrected chi connectivity index (χ2v) is 7.80. The van der Waals surface area contributed by atoms with Crippen molar-refractivity contribution >= 4 is 21.4 Å². The summed E-state index contributed by atoms with van der Waals surface area (Å²) in [5, 5.41) is 5.89. The molecule has 1 aliphatic rings. The van der Waals surface area contributed by atoms with Gasteiger partial charge < -0.3 is 4.52 Å². The summed E-state index contributed by atoms with van der Waals surface area (Å²) in [5.41, 5.74) is 0. The fourth-order valence-corrected chi connectivity index (χ4v) is 4.35. The van der Waals surface area contributed by atoms with E-state index in [2.05, 4.69) is 10.1 Å². The van der Waals surface area contributed by atoms with Crippen molar-refractivity contribution in [1.82, 2.24) is 14.4 Å². The van der Waals surface area contributed by atoms with Crippen molar-refractivity contribution < 1.29 is 12.9 Å². The molecule has 2 aromatic heterocycles. The molecule has 1 saturated heterocycles. The minimum Gasteiger partial charge on any atom is -0.339 e. The van der Waals surface area contributed by atoms with E-state index in [-0.39, 0.29) is 11.7 Å². The summed E-state index contributed by atoms with van der Waals surface area (Å²) in [4.78, 5) is 5.30. The largest absolute Gasteiger partial charge is 0.339 e. The molecule has 108 valence electrons. The molecule has 0 bridgehead atoms. The van der Waals surface area contributed by atoms with Gasteiger partial charge in [0.1, 0.15) is 0 Å². The van der Waals surface area contributed by atoms with Crippen molar-refractivity contribution in [3.63, 3.8) is 0 Å². The van der Waals surface area contributed by atoms with E-state index in [1.165, 1.54) is 4.31 Å². The van der Waals surface area contributed by atoms with Crippen LogP contribution in [0.5, 0.6) is 0 Å². The second-order valence-electron chi connectivity index (χ2n) is 4.76. The Balaban J connectivity index is 1.66. The van der Waals surface area contributed by atoms with Gasteiger partial charge in [0.25, 0.3) is 0 Å². The van der Waals surface area contributed by atoms with Gasteiger partial charge in [-0.15, -0.1) is 11.3 Å². The smallest absolute Gasteiger partial charge is 0.232 e. The van der Waals surface area contributed by atoms with Crippen molar-refractivity contribution in [3.8, 4) is 10.7 Å². The van der Waals surface area contributed by atoms with Crippen molar-refractivity contribution in [2.24, 2.45) is 0 Å². The highest BCUT2D eigenvalue weighted by molar-refractivity contribution is 7.89. The van der Waals surface area contributed by atoms with Crippen molar-refractivity contribution in [3.05, 3.63) is 23.4 Å². The van der Waals surface area contributed by atoms with Crippen molar-refractivity contribution in [2.75, 3.05) is 18.8 Å². The topological polar surface area (TPSA) is 76.3 Å². The maximum atomic E-state index is 11.8. The number of nitrogens with zero attached hydrogens (tertiary/aromatic N) is 3. The van der Waals surface area contributed by atoms with Crippen LogP contribution in [-0.4, -0.2) is 41.7 Å². The normalized spacial score (nSPS) is 17.2. The summed E-state index contributed by atoms with van der Waals surface area (Å²) in [6.45, 7) is 2.74. The summed E-state index contributed by atoms with van der Waals surface area (Å²) in [6.07, 6.45) is 0.632. The van der Waals surface area contributed by atoms with Crippen molar-refractivity contribution in [1.29, 1.82) is 0 Å². The number of aromatic nitrogens is 2. The van der Waals surface area contributed by atoms with Gasteiger partial charge in [-0.2, -0.15) is 4.98 Å². The van der Waals surface area contributed by atoms with Gasteiger partial charge in [0.2, 0.25) is 21.7 Å². The highest BCUT2D eigenvalue weighted by Crippen LogP contribution is 2.30. The summed E-state index contributed by atoms with van der Waals surface area (Å²) >= 11 is 1.55. The van der Waals surface area contributed by atoms with Crippen LogP contribution in [0.1, 0.15) is 25.2 Å². The molecule has 0 saturated carbocycles. The summed E-state index contributed by atoms with van der Waals surface area (Å²) in [6, 6.07) is 3.86. The molecule has 3 heterocycles. The average molecular weight is 313 g/mol. The van der Waals surface area contributed by atoms with E-state index in [0.717, 1.165) is 4.88 Å². The first-order chi connectivity index (χ1) is 9.60. The summed E-state index contributed by atoms with van der Waals surface area (Å²) in [5.74, 6) is 1.31. The lowest BCUT2D eigenvalue weighted by atomic mass is 10.0. The molecule has 2 aromatic rings. The Labute approximate surface area is 121 Å². The fourth-order valence-electron chi connectivity index (χ4n) is 2.12. The van der Waals surface area contributed by atoms with Crippen molar-refractivity contribution in [2.45, 2.75) is 19.3 Å². The van der Waals surface area contributed by atoms with E-state index in [9.17, 15) is 8.42 Å². The molecule has 0 radical (unpaired) electrons. The van der Waals surface area contributed by atoms with Crippen LogP contribution >= 0.6 is 11.3 Å². The van der Waals surface area contributed by atoms with Crippen LogP contribution in [0.2, 0.25) is 0 Å². The number of rotatable bonds is 5. The van der Waals surface area contributed by atoms with Crippen LogP contribution in [-0.2, 0) is 10.0 Å². The Hall–Kier alpha value is -1.25. The Bertz CT molecular complexity index is 673. The molecule has 8 heteroatoms. The lowest BCUT2D eigenvalue weighted by Gasteiger charge is -2.35. The monoisotopic (exact) mass is 313 g/mol. The third kappa shape index (κ3) is 2.50. The lowest BCUT2D eigenvalue weighted by molar-refractivity contribution is 0.217. The highest BCUT2D eigenvalue weighted by Gasteiger charge is 2.39. The molecule has 0 N–H and O–H groups in total.